The summed E-state index contributed by atoms with van der Waals surface area (Å²) in [6, 6.07) is 0. The van der Waals surface area contributed by atoms with Gasteiger partial charge in [0.25, 0.3) is 0 Å². The van der Waals surface area contributed by atoms with E-state index >= 15 is 0 Å². The molecule has 0 aromatic heterocycles. The van der Waals surface area contributed by atoms with Crippen molar-refractivity contribution in [3.8, 4) is 0 Å². The molecule has 3 nitrogen and oxygen atoms in total. The molecular weight excluding hydrogens is 288 g/mol. The molecule has 0 fully saturated rings. The van der Waals surface area contributed by atoms with Crippen molar-refractivity contribution in [1.82, 2.24) is 0 Å². The van der Waals surface area contributed by atoms with Crippen molar-refractivity contribution in [2.45, 2.75) is 60.8 Å². The standard InChI is InChI=1S/C18H30O3.C2H6/c1-13(2)17(12-19)10-16-11-18(15(4)9-14(16)3)21-8-6-7-20-5;1-2/h11-14,17H,6-10H2,1-5H3;1-2H3/t14?,17-;/m0./s1. The van der Waals surface area contributed by atoms with Gasteiger partial charge in [0.05, 0.1) is 6.61 Å². The van der Waals surface area contributed by atoms with Crippen LogP contribution >= 0.6 is 0 Å². The molecule has 1 rings (SSSR count). The van der Waals surface area contributed by atoms with Gasteiger partial charge < -0.3 is 14.3 Å². The molecule has 1 aliphatic rings. The highest BCUT2D eigenvalue weighted by Gasteiger charge is 2.22. The van der Waals surface area contributed by atoms with Gasteiger partial charge in [-0.3, -0.25) is 0 Å². The molecule has 0 radical (unpaired) electrons. The highest BCUT2D eigenvalue weighted by molar-refractivity contribution is 5.55. The highest BCUT2D eigenvalue weighted by atomic mass is 16.5. The van der Waals surface area contributed by atoms with Crippen molar-refractivity contribution >= 4 is 6.29 Å². The maximum Gasteiger partial charge on any atom is 0.123 e. The summed E-state index contributed by atoms with van der Waals surface area (Å²) in [7, 11) is 1.70. The zero-order valence-electron chi connectivity index (χ0n) is 16.1. The predicted molar refractivity (Wildman–Crippen MR) is 97.4 cm³/mol. The summed E-state index contributed by atoms with van der Waals surface area (Å²) in [5.41, 5.74) is 2.64. The third kappa shape index (κ3) is 7.83. The number of carbonyl (C=O) groups excluding carboxylic acids is 1. The predicted octanol–water partition coefficient (Wildman–Crippen LogP) is 5.17. The van der Waals surface area contributed by atoms with E-state index in [1.165, 1.54) is 11.1 Å². The minimum Gasteiger partial charge on any atom is -0.494 e. The fourth-order valence-electron chi connectivity index (χ4n) is 2.65. The minimum atomic E-state index is 0.104. The maximum absolute atomic E-state index is 11.2. The number of rotatable bonds is 9. The van der Waals surface area contributed by atoms with E-state index < -0.39 is 0 Å². The molecule has 1 unspecified atom stereocenters. The first kappa shape index (κ1) is 21.9. The van der Waals surface area contributed by atoms with Crippen LogP contribution in [0, 0.1) is 17.8 Å². The second-order valence-corrected chi connectivity index (χ2v) is 6.41. The van der Waals surface area contributed by atoms with E-state index in [2.05, 4.69) is 33.8 Å². The Morgan fingerprint density at radius 3 is 2.48 bits per heavy atom. The summed E-state index contributed by atoms with van der Waals surface area (Å²) in [5, 5.41) is 0. The molecular formula is C20H36O3. The second-order valence-electron chi connectivity index (χ2n) is 6.41. The van der Waals surface area contributed by atoms with Gasteiger partial charge in [0.15, 0.2) is 0 Å². The van der Waals surface area contributed by atoms with Crippen molar-refractivity contribution < 1.29 is 14.3 Å². The minimum absolute atomic E-state index is 0.104. The number of hydrogen-bond donors (Lipinski definition) is 0. The van der Waals surface area contributed by atoms with Crippen LogP contribution in [0.15, 0.2) is 23.0 Å². The molecule has 0 spiro atoms. The number of methoxy groups -OCH3 is 1. The van der Waals surface area contributed by atoms with Gasteiger partial charge in [-0.25, -0.2) is 0 Å². The fraction of sp³-hybridized carbons (Fsp3) is 0.750. The van der Waals surface area contributed by atoms with Crippen LogP contribution in [0.1, 0.15) is 60.8 Å². The van der Waals surface area contributed by atoms with Crippen LogP contribution < -0.4 is 0 Å². The molecule has 1 aliphatic carbocycles. The van der Waals surface area contributed by atoms with Gasteiger partial charge in [0.2, 0.25) is 0 Å². The van der Waals surface area contributed by atoms with Crippen molar-refractivity contribution in [3.05, 3.63) is 23.0 Å². The zero-order valence-corrected chi connectivity index (χ0v) is 16.1. The van der Waals surface area contributed by atoms with E-state index in [0.29, 0.717) is 18.4 Å². The normalized spacial score (nSPS) is 19.0. The van der Waals surface area contributed by atoms with Crippen LogP contribution in [-0.4, -0.2) is 26.6 Å². The number of allylic oxidation sites excluding steroid dienone is 3. The molecule has 0 aromatic carbocycles. The highest BCUT2D eigenvalue weighted by Crippen LogP contribution is 2.34. The summed E-state index contributed by atoms with van der Waals surface area (Å²) in [6.45, 7) is 14.0. The zero-order chi connectivity index (χ0) is 17.8. The average Bonchev–Trinajstić information content (AvgIpc) is 2.53. The van der Waals surface area contributed by atoms with E-state index in [-0.39, 0.29) is 5.92 Å². The lowest BCUT2D eigenvalue weighted by Gasteiger charge is -2.26. The molecule has 0 aromatic rings. The van der Waals surface area contributed by atoms with Crippen LogP contribution in [0.5, 0.6) is 0 Å². The van der Waals surface area contributed by atoms with Crippen molar-refractivity contribution in [1.29, 1.82) is 0 Å². The Bertz CT molecular complexity index is 394. The molecule has 0 heterocycles. The molecule has 134 valence electrons. The van der Waals surface area contributed by atoms with Gasteiger partial charge >= 0.3 is 0 Å². The Hall–Kier alpha value is -1.09. The van der Waals surface area contributed by atoms with E-state index in [4.69, 9.17) is 9.47 Å². The van der Waals surface area contributed by atoms with E-state index in [1.54, 1.807) is 7.11 Å². The fourth-order valence-corrected chi connectivity index (χ4v) is 2.65. The summed E-state index contributed by atoms with van der Waals surface area (Å²) in [5.74, 6) is 1.98. The van der Waals surface area contributed by atoms with Crippen LogP contribution in [0.3, 0.4) is 0 Å². The van der Waals surface area contributed by atoms with Gasteiger partial charge in [-0.05, 0) is 43.3 Å². The van der Waals surface area contributed by atoms with Gasteiger partial charge in [0, 0.05) is 26.1 Å². The molecule has 0 amide bonds. The summed E-state index contributed by atoms with van der Waals surface area (Å²) in [6.07, 6.45) is 6.03. The molecule has 0 bridgehead atoms. The quantitative estimate of drug-likeness (QED) is 0.434. The van der Waals surface area contributed by atoms with Gasteiger partial charge in [0.1, 0.15) is 12.0 Å². The number of ether oxygens (including phenoxy) is 2. The maximum atomic E-state index is 11.2. The second kappa shape index (κ2) is 12.3. The van der Waals surface area contributed by atoms with E-state index in [1.807, 2.05) is 13.8 Å². The average molecular weight is 325 g/mol. The van der Waals surface area contributed by atoms with E-state index in [9.17, 15) is 4.79 Å². The Morgan fingerprint density at radius 1 is 1.30 bits per heavy atom. The Kier molecular flexibility index (Phi) is 11.8. The Labute approximate surface area is 143 Å². The molecule has 0 N–H and O–H groups in total. The summed E-state index contributed by atoms with van der Waals surface area (Å²) in [4.78, 5) is 11.2. The van der Waals surface area contributed by atoms with Gasteiger partial charge in [-0.1, -0.05) is 40.2 Å². The number of carbonyl (C=O) groups is 1. The van der Waals surface area contributed by atoms with Crippen molar-refractivity contribution in [3.63, 3.8) is 0 Å². The van der Waals surface area contributed by atoms with Crippen LogP contribution in [-0.2, 0) is 14.3 Å². The van der Waals surface area contributed by atoms with Crippen molar-refractivity contribution in [2.75, 3.05) is 20.3 Å². The molecule has 0 saturated heterocycles. The third-order valence-corrected chi connectivity index (χ3v) is 4.24. The summed E-state index contributed by atoms with van der Waals surface area (Å²) < 4.78 is 10.9. The number of aldehydes is 1. The lowest BCUT2D eigenvalue weighted by atomic mass is 9.81. The Morgan fingerprint density at radius 2 is 1.96 bits per heavy atom. The third-order valence-electron chi connectivity index (χ3n) is 4.24. The molecule has 23 heavy (non-hydrogen) atoms. The lowest BCUT2D eigenvalue weighted by molar-refractivity contribution is -0.112. The molecule has 0 saturated carbocycles. The number of hydrogen-bond acceptors (Lipinski definition) is 3. The van der Waals surface area contributed by atoms with Crippen molar-refractivity contribution in [2.24, 2.45) is 17.8 Å². The molecule has 0 aliphatic heterocycles. The molecule has 2 atom stereocenters. The lowest BCUT2D eigenvalue weighted by Crippen LogP contribution is -2.17. The Balaban J connectivity index is 0.00000232. The topological polar surface area (TPSA) is 35.5 Å². The first-order valence-electron chi connectivity index (χ1n) is 8.96. The monoisotopic (exact) mass is 324 g/mol. The van der Waals surface area contributed by atoms with Gasteiger partial charge in [-0.2, -0.15) is 0 Å². The van der Waals surface area contributed by atoms with Gasteiger partial charge in [-0.15, -0.1) is 0 Å². The first-order valence-corrected chi connectivity index (χ1v) is 8.96. The largest absolute Gasteiger partial charge is 0.494 e. The van der Waals surface area contributed by atoms with Crippen LogP contribution in [0.2, 0.25) is 0 Å². The SMILES string of the molecule is CC.COCCCOC1=C(C)CC(C)C(C[C@@H](C=O)C(C)C)=C1. The smallest absolute Gasteiger partial charge is 0.123 e. The first-order chi connectivity index (χ1) is 11.0. The van der Waals surface area contributed by atoms with Crippen LogP contribution in [0.25, 0.3) is 0 Å². The van der Waals surface area contributed by atoms with Crippen LogP contribution in [0.4, 0.5) is 0 Å². The van der Waals surface area contributed by atoms with E-state index in [0.717, 1.165) is 37.9 Å². The molecule has 3 heteroatoms. The summed E-state index contributed by atoms with van der Waals surface area (Å²) >= 11 is 0.